The number of hydrogen-bond donors (Lipinski definition) is 0. The van der Waals surface area contributed by atoms with Crippen LogP contribution in [0, 0.1) is 0 Å². The maximum absolute atomic E-state index is 10.9. The SMILES string of the molecule is CCc1ccc(/C=C(\CCC(=O)[O-])c2nc3ccccc3s2)cc1. The Morgan fingerprint density at radius 3 is 2.54 bits per heavy atom. The first-order chi connectivity index (χ1) is 11.7. The quantitative estimate of drug-likeness (QED) is 0.685. The van der Waals surface area contributed by atoms with Gasteiger partial charge in [0, 0.05) is 5.97 Å². The molecule has 0 amide bonds. The monoisotopic (exact) mass is 336 g/mol. The van der Waals surface area contributed by atoms with Crippen molar-refractivity contribution in [2.75, 3.05) is 0 Å². The molecule has 1 aromatic heterocycles. The van der Waals surface area contributed by atoms with Crippen LogP contribution in [0.5, 0.6) is 0 Å². The lowest BCUT2D eigenvalue weighted by atomic mass is 10.0. The summed E-state index contributed by atoms with van der Waals surface area (Å²) in [4.78, 5) is 15.5. The van der Waals surface area contributed by atoms with Gasteiger partial charge in [0.05, 0.1) is 10.2 Å². The van der Waals surface area contributed by atoms with E-state index in [0.717, 1.165) is 32.8 Å². The van der Waals surface area contributed by atoms with Crippen molar-refractivity contribution in [2.45, 2.75) is 26.2 Å². The van der Waals surface area contributed by atoms with Crippen molar-refractivity contribution in [1.82, 2.24) is 4.98 Å². The Kier molecular flexibility index (Phi) is 5.06. The number of hydrogen-bond acceptors (Lipinski definition) is 4. The first kappa shape index (κ1) is 16.4. The summed E-state index contributed by atoms with van der Waals surface area (Å²) in [5.74, 6) is -1.04. The van der Waals surface area contributed by atoms with Gasteiger partial charge in [0.15, 0.2) is 0 Å². The zero-order chi connectivity index (χ0) is 16.9. The van der Waals surface area contributed by atoms with E-state index in [1.54, 1.807) is 11.3 Å². The van der Waals surface area contributed by atoms with Gasteiger partial charge in [-0.2, -0.15) is 0 Å². The molecule has 0 N–H and O–H groups in total. The molecule has 4 heteroatoms. The molecule has 0 fully saturated rings. The Morgan fingerprint density at radius 2 is 1.88 bits per heavy atom. The number of thiazole rings is 1. The maximum atomic E-state index is 10.9. The molecule has 3 nitrogen and oxygen atoms in total. The number of carbonyl (C=O) groups is 1. The highest BCUT2D eigenvalue weighted by Gasteiger charge is 2.09. The molecule has 122 valence electrons. The van der Waals surface area contributed by atoms with Crippen LogP contribution in [0.3, 0.4) is 0 Å². The standard InChI is InChI=1S/C20H19NO2S/c1-2-14-7-9-15(10-8-14)13-16(11-12-19(22)23)20-21-17-5-3-4-6-18(17)24-20/h3-10,13H,2,11-12H2,1H3,(H,22,23)/p-1/b16-13+. The third kappa shape index (κ3) is 3.89. The summed E-state index contributed by atoms with van der Waals surface area (Å²) in [5.41, 5.74) is 4.21. The number of para-hydroxylation sites is 1. The zero-order valence-corrected chi connectivity index (χ0v) is 14.3. The number of rotatable bonds is 6. The van der Waals surface area contributed by atoms with Crippen molar-refractivity contribution >= 4 is 39.2 Å². The van der Waals surface area contributed by atoms with Gasteiger partial charge in [-0.05, 0) is 54.2 Å². The highest BCUT2D eigenvalue weighted by atomic mass is 32.1. The van der Waals surface area contributed by atoms with E-state index in [4.69, 9.17) is 0 Å². The van der Waals surface area contributed by atoms with E-state index in [-0.39, 0.29) is 6.42 Å². The molecular weight excluding hydrogens is 318 g/mol. The fourth-order valence-corrected chi connectivity index (χ4v) is 3.55. The van der Waals surface area contributed by atoms with Crippen molar-refractivity contribution in [3.63, 3.8) is 0 Å². The van der Waals surface area contributed by atoms with Crippen molar-refractivity contribution in [1.29, 1.82) is 0 Å². The highest BCUT2D eigenvalue weighted by molar-refractivity contribution is 7.19. The van der Waals surface area contributed by atoms with Gasteiger partial charge in [0.2, 0.25) is 0 Å². The smallest absolute Gasteiger partial charge is 0.120 e. The predicted molar refractivity (Wildman–Crippen MR) is 97.6 cm³/mol. The average molecular weight is 336 g/mol. The summed E-state index contributed by atoms with van der Waals surface area (Å²) in [6.07, 6.45) is 3.44. The molecule has 3 rings (SSSR count). The maximum Gasteiger partial charge on any atom is 0.120 e. The van der Waals surface area contributed by atoms with Gasteiger partial charge in [-0.15, -0.1) is 11.3 Å². The van der Waals surface area contributed by atoms with E-state index < -0.39 is 5.97 Å². The van der Waals surface area contributed by atoms with Gasteiger partial charge in [-0.3, -0.25) is 0 Å². The number of carboxylic acids is 1. The van der Waals surface area contributed by atoms with Crippen molar-refractivity contribution in [2.24, 2.45) is 0 Å². The number of benzene rings is 2. The molecule has 3 aromatic rings. The summed E-state index contributed by atoms with van der Waals surface area (Å²) in [7, 11) is 0. The Balaban J connectivity index is 1.97. The lowest BCUT2D eigenvalue weighted by molar-refractivity contribution is -0.305. The Hall–Kier alpha value is -2.46. The number of aromatic nitrogens is 1. The molecule has 0 aliphatic rings. The number of nitrogens with zero attached hydrogens (tertiary/aromatic N) is 1. The molecule has 24 heavy (non-hydrogen) atoms. The van der Waals surface area contributed by atoms with Crippen LogP contribution in [0.1, 0.15) is 35.9 Å². The van der Waals surface area contributed by atoms with Crippen LogP contribution in [-0.2, 0) is 11.2 Å². The van der Waals surface area contributed by atoms with E-state index in [9.17, 15) is 9.90 Å². The molecule has 0 radical (unpaired) electrons. The number of allylic oxidation sites excluding steroid dienone is 1. The molecule has 0 aliphatic heterocycles. The van der Waals surface area contributed by atoms with Crippen molar-refractivity contribution in [3.8, 4) is 0 Å². The third-order valence-corrected chi connectivity index (χ3v) is 5.01. The fraction of sp³-hybridized carbons (Fsp3) is 0.200. The van der Waals surface area contributed by atoms with Crippen LogP contribution in [0.4, 0.5) is 0 Å². The van der Waals surface area contributed by atoms with Crippen LogP contribution in [0.2, 0.25) is 0 Å². The first-order valence-corrected chi connectivity index (χ1v) is 8.82. The normalized spacial score (nSPS) is 11.8. The zero-order valence-electron chi connectivity index (χ0n) is 13.5. The Morgan fingerprint density at radius 1 is 1.12 bits per heavy atom. The molecule has 0 aliphatic carbocycles. The molecule has 0 saturated carbocycles. The minimum absolute atomic E-state index is 0.00516. The van der Waals surface area contributed by atoms with Gasteiger partial charge in [-0.1, -0.05) is 43.3 Å². The topological polar surface area (TPSA) is 53.0 Å². The molecule has 0 unspecified atom stereocenters. The second kappa shape index (κ2) is 7.41. The second-order valence-electron chi connectivity index (χ2n) is 5.62. The van der Waals surface area contributed by atoms with Crippen LogP contribution >= 0.6 is 11.3 Å². The van der Waals surface area contributed by atoms with Crippen molar-refractivity contribution < 1.29 is 9.90 Å². The molecule has 0 atom stereocenters. The van der Waals surface area contributed by atoms with Crippen LogP contribution in [0.25, 0.3) is 21.9 Å². The number of carboxylic acid groups (broad SMARTS) is 1. The summed E-state index contributed by atoms with van der Waals surface area (Å²) < 4.78 is 1.10. The molecule has 1 heterocycles. The molecule has 0 bridgehead atoms. The van der Waals surface area contributed by atoms with E-state index in [2.05, 4.69) is 36.2 Å². The summed E-state index contributed by atoms with van der Waals surface area (Å²) in [6, 6.07) is 16.3. The van der Waals surface area contributed by atoms with Gasteiger partial charge in [0.25, 0.3) is 0 Å². The second-order valence-corrected chi connectivity index (χ2v) is 6.65. The number of aryl methyl sites for hydroxylation is 1. The van der Waals surface area contributed by atoms with Gasteiger partial charge in [0.1, 0.15) is 5.01 Å². The highest BCUT2D eigenvalue weighted by Crippen LogP contribution is 2.30. The van der Waals surface area contributed by atoms with E-state index in [0.29, 0.717) is 6.42 Å². The molecule has 0 spiro atoms. The minimum Gasteiger partial charge on any atom is -0.550 e. The lowest BCUT2D eigenvalue weighted by Gasteiger charge is -2.06. The van der Waals surface area contributed by atoms with E-state index >= 15 is 0 Å². The molecular formula is C20H18NO2S-. The van der Waals surface area contributed by atoms with Crippen LogP contribution in [0.15, 0.2) is 48.5 Å². The van der Waals surface area contributed by atoms with E-state index in [1.807, 2.05) is 30.3 Å². The molecule has 2 aromatic carbocycles. The van der Waals surface area contributed by atoms with E-state index in [1.165, 1.54) is 5.56 Å². The minimum atomic E-state index is -1.04. The predicted octanol–water partition coefficient (Wildman–Crippen LogP) is 3.93. The van der Waals surface area contributed by atoms with Gasteiger partial charge < -0.3 is 9.90 Å². The fourth-order valence-electron chi connectivity index (χ4n) is 2.54. The van der Waals surface area contributed by atoms with Gasteiger partial charge >= 0.3 is 0 Å². The number of aliphatic carboxylic acids is 1. The van der Waals surface area contributed by atoms with Crippen LogP contribution < -0.4 is 5.11 Å². The van der Waals surface area contributed by atoms with Crippen LogP contribution in [-0.4, -0.2) is 11.0 Å². The largest absolute Gasteiger partial charge is 0.550 e. The summed E-state index contributed by atoms with van der Waals surface area (Å²) in [5, 5.41) is 11.8. The van der Waals surface area contributed by atoms with Gasteiger partial charge in [-0.25, -0.2) is 4.98 Å². The Labute approximate surface area is 145 Å². The number of fused-ring (bicyclic) bond motifs is 1. The lowest BCUT2D eigenvalue weighted by Crippen LogP contribution is -2.21. The summed E-state index contributed by atoms with van der Waals surface area (Å²) >= 11 is 1.59. The number of carbonyl (C=O) groups excluding carboxylic acids is 1. The third-order valence-electron chi connectivity index (χ3n) is 3.90. The van der Waals surface area contributed by atoms with Crippen molar-refractivity contribution in [3.05, 3.63) is 64.7 Å². The summed E-state index contributed by atoms with van der Waals surface area (Å²) in [6.45, 7) is 2.12. The molecule has 0 saturated heterocycles. The first-order valence-electron chi connectivity index (χ1n) is 8.01. The Bertz CT molecular complexity index is 845. The average Bonchev–Trinajstić information content (AvgIpc) is 3.03.